The number of nitrogens with one attached hydrogen (secondary N) is 2. The highest BCUT2D eigenvalue weighted by molar-refractivity contribution is 14.0. The summed E-state index contributed by atoms with van der Waals surface area (Å²) in [6.45, 7) is 8.47. The molecule has 1 saturated heterocycles. The molecule has 1 aromatic rings. The first-order valence-corrected chi connectivity index (χ1v) is 7.50. The molecule has 1 aromatic heterocycles. The van der Waals surface area contributed by atoms with Crippen molar-refractivity contribution >= 4 is 29.9 Å². The molecule has 1 unspecified atom stereocenters. The standard InChI is InChI=1S/C15H26N4O2.HI/c1-15(2,3)12-9-17-13(21-12)10-19-14(16-4)18-8-11-6-5-7-20-11;/h9,11H,5-8,10H2,1-4H3,(H2,16,18,19);1H. The number of aromatic nitrogens is 1. The van der Waals surface area contributed by atoms with Crippen molar-refractivity contribution in [3.8, 4) is 0 Å². The molecule has 1 aliphatic heterocycles. The number of nitrogens with zero attached hydrogens (tertiary/aromatic N) is 2. The predicted octanol–water partition coefficient (Wildman–Crippen LogP) is 2.43. The van der Waals surface area contributed by atoms with Crippen LogP contribution in [0.15, 0.2) is 15.6 Å². The van der Waals surface area contributed by atoms with E-state index in [-0.39, 0.29) is 35.5 Å². The number of hydrogen-bond acceptors (Lipinski definition) is 4. The summed E-state index contributed by atoms with van der Waals surface area (Å²) in [4.78, 5) is 8.48. The second kappa shape index (κ2) is 8.71. The third kappa shape index (κ3) is 5.75. The fourth-order valence-corrected chi connectivity index (χ4v) is 2.13. The Bertz CT molecular complexity index is 476. The smallest absolute Gasteiger partial charge is 0.213 e. The largest absolute Gasteiger partial charge is 0.443 e. The van der Waals surface area contributed by atoms with Crippen molar-refractivity contribution < 1.29 is 9.15 Å². The van der Waals surface area contributed by atoms with Crippen molar-refractivity contribution in [1.29, 1.82) is 0 Å². The number of hydrogen-bond donors (Lipinski definition) is 2. The molecular weight excluding hydrogens is 395 g/mol. The van der Waals surface area contributed by atoms with Crippen LogP contribution in [0, 0.1) is 0 Å². The molecule has 0 aliphatic carbocycles. The maximum atomic E-state index is 5.74. The highest BCUT2D eigenvalue weighted by Crippen LogP contribution is 2.22. The zero-order valence-corrected chi connectivity index (χ0v) is 16.1. The molecule has 7 heteroatoms. The lowest BCUT2D eigenvalue weighted by Crippen LogP contribution is -2.40. The van der Waals surface area contributed by atoms with E-state index < -0.39 is 0 Å². The second-order valence-electron chi connectivity index (χ2n) is 6.31. The van der Waals surface area contributed by atoms with E-state index in [1.807, 2.05) is 0 Å². The number of guanidine groups is 1. The molecule has 2 N–H and O–H groups in total. The van der Waals surface area contributed by atoms with Gasteiger partial charge in [-0.15, -0.1) is 24.0 Å². The zero-order chi connectivity index (χ0) is 15.3. The van der Waals surface area contributed by atoms with E-state index >= 15 is 0 Å². The third-order valence-electron chi connectivity index (χ3n) is 3.44. The molecule has 22 heavy (non-hydrogen) atoms. The molecule has 0 spiro atoms. The van der Waals surface area contributed by atoms with Crippen molar-refractivity contribution in [3.05, 3.63) is 17.8 Å². The van der Waals surface area contributed by atoms with Gasteiger partial charge in [-0.25, -0.2) is 4.98 Å². The van der Waals surface area contributed by atoms with Crippen LogP contribution in [0.25, 0.3) is 0 Å². The van der Waals surface area contributed by atoms with Crippen molar-refractivity contribution in [1.82, 2.24) is 15.6 Å². The Kier molecular flexibility index (Phi) is 7.61. The van der Waals surface area contributed by atoms with Crippen LogP contribution in [0.1, 0.15) is 45.3 Å². The van der Waals surface area contributed by atoms with Gasteiger partial charge in [0.15, 0.2) is 5.96 Å². The van der Waals surface area contributed by atoms with Gasteiger partial charge in [0, 0.05) is 25.6 Å². The highest BCUT2D eigenvalue weighted by Gasteiger charge is 2.19. The summed E-state index contributed by atoms with van der Waals surface area (Å²) in [6.07, 6.45) is 4.33. The number of rotatable bonds is 4. The van der Waals surface area contributed by atoms with Gasteiger partial charge in [0.25, 0.3) is 0 Å². The van der Waals surface area contributed by atoms with Crippen LogP contribution in [-0.4, -0.2) is 37.2 Å². The lowest BCUT2D eigenvalue weighted by atomic mass is 9.94. The average molecular weight is 422 g/mol. The number of halogens is 1. The molecule has 0 saturated carbocycles. The minimum atomic E-state index is -0.0228. The molecule has 2 heterocycles. The Morgan fingerprint density at radius 3 is 2.73 bits per heavy atom. The summed E-state index contributed by atoms with van der Waals surface area (Å²) in [5, 5.41) is 6.46. The first-order chi connectivity index (χ1) is 9.99. The van der Waals surface area contributed by atoms with Crippen LogP contribution < -0.4 is 10.6 Å². The van der Waals surface area contributed by atoms with Crippen molar-refractivity contribution in [2.24, 2.45) is 4.99 Å². The van der Waals surface area contributed by atoms with Crippen LogP contribution in [0.3, 0.4) is 0 Å². The minimum Gasteiger partial charge on any atom is -0.443 e. The van der Waals surface area contributed by atoms with E-state index in [1.54, 1.807) is 13.2 Å². The summed E-state index contributed by atoms with van der Waals surface area (Å²) < 4.78 is 11.3. The minimum absolute atomic E-state index is 0. The lowest BCUT2D eigenvalue weighted by Gasteiger charge is -2.15. The SMILES string of the molecule is CN=C(NCc1ncc(C(C)(C)C)o1)NCC1CCCO1.I. The summed E-state index contributed by atoms with van der Waals surface area (Å²) in [6, 6.07) is 0. The van der Waals surface area contributed by atoms with E-state index in [4.69, 9.17) is 9.15 Å². The average Bonchev–Trinajstić information content (AvgIpc) is 3.09. The fraction of sp³-hybridized carbons (Fsp3) is 0.733. The normalized spacial score (nSPS) is 18.9. The van der Waals surface area contributed by atoms with E-state index in [2.05, 4.69) is 41.4 Å². The first-order valence-electron chi connectivity index (χ1n) is 7.50. The van der Waals surface area contributed by atoms with Crippen LogP contribution in [-0.2, 0) is 16.7 Å². The van der Waals surface area contributed by atoms with Gasteiger partial charge in [-0.2, -0.15) is 0 Å². The Morgan fingerprint density at radius 2 is 2.18 bits per heavy atom. The van der Waals surface area contributed by atoms with Gasteiger partial charge in [-0.1, -0.05) is 20.8 Å². The van der Waals surface area contributed by atoms with Gasteiger partial charge in [0.2, 0.25) is 5.89 Å². The summed E-state index contributed by atoms with van der Waals surface area (Å²) in [5.74, 6) is 2.29. The Balaban J connectivity index is 0.00000242. The van der Waals surface area contributed by atoms with Gasteiger partial charge in [-0.3, -0.25) is 4.99 Å². The van der Waals surface area contributed by atoms with Gasteiger partial charge in [0.05, 0.1) is 18.8 Å². The van der Waals surface area contributed by atoms with Crippen LogP contribution >= 0.6 is 24.0 Å². The van der Waals surface area contributed by atoms with E-state index in [9.17, 15) is 0 Å². The third-order valence-corrected chi connectivity index (χ3v) is 3.44. The van der Waals surface area contributed by atoms with E-state index in [1.165, 1.54) is 0 Å². The maximum Gasteiger partial charge on any atom is 0.213 e. The fourth-order valence-electron chi connectivity index (χ4n) is 2.13. The second-order valence-corrected chi connectivity index (χ2v) is 6.31. The molecule has 0 bridgehead atoms. The number of aliphatic imine (C=N–C) groups is 1. The molecule has 1 aliphatic rings. The summed E-state index contributed by atoms with van der Waals surface area (Å²) >= 11 is 0. The summed E-state index contributed by atoms with van der Waals surface area (Å²) in [5.41, 5.74) is -0.0228. The molecule has 0 radical (unpaired) electrons. The zero-order valence-electron chi connectivity index (χ0n) is 13.8. The van der Waals surface area contributed by atoms with E-state index in [0.717, 1.165) is 37.7 Å². The first kappa shape index (κ1) is 19.2. The molecular formula is C15H27IN4O2. The monoisotopic (exact) mass is 422 g/mol. The highest BCUT2D eigenvalue weighted by atomic mass is 127. The molecule has 1 atom stereocenters. The van der Waals surface area contributed by atoms with Crippen molar-refractivity contribution in [3.63, 3.8) is 0 Å². The summed E-state index contributed by atoms with van der Waals surface area (Å²) in [7, 11) is 1.75. The Hall–Kier alpha value is -0.830. The molecule has 6 nitrogen and oxygen atoms in total. The van der Waals surface area contributed by atoms with Gasteiger partial charge < -0.3 is 19.8 Å². The lowest BCUT2D eigenvalue weighted by molar-refractivity contribution is 0.114. The molecule has 0 amide bonds. The van der Waals surface area contributed by atoms with Gasteiger partial charge in [-0.05, 0) is 12.8 Å². The Labute approximate surface area is 149 Å². The number of ether oxygens (including phenoxy) is 1. The van der Waals surface area contributed by atoms with Crippen molar-refractivity contribution in [2.45, 2.75) is 51.7 Å². The van der Waals surface area contributed by atoms with E-state index in [0.29, 0.717) is 12.4 Å². The van der Waals surface area contributed by atoms with Crippen molar-refractivity contribution in [2.75, 3.05) is 20.2 Å². The number of oxazole rings is 1. The van der Waals surface area contributed by atoms with Crippen LogP contribution in [0.5, 0.6) is 0 Å². The quantitative estimate of drug-likeness (QED) is 0.443. The molecule has 1 fully saturated rings. The topological polar surface area (TPSA) is 71.7 Å². The van der Waals surface area contributed by atoms with Gasteiger partial charge in [0.1, 0.15) is 5.76 Å². The van der Waals surface area contributed by atoms with Crippen LogP contribution in [0.4, 0.5) is 0 Å². The van der Waals surface area contributed by atoms with Crippen LogP contribution in [0.2, 0.25) is 0 Å². The molecule has 0 aromatic carbocycles. The predicted molar refractivity (Wildman–Crippen MR) is 97.8 cm³/mol. The van der Waals surface area contributed by atoms with Gasteiger partial charge >= 0.3 is 0 Å². The Morgan fingerprint density at radius 1 is 1.41 bits per heavy atom. The molecule has 126 valence electrons. The molecule has 2 rings (SSSR count). The maximum absolute atomic E-state index is 5.74.